The molecular formula is C15H21ClN2O2. The molecule has 1 fully saturated rings. The highest BCUT2D eigenvalue weighted by Crippen LogP contribution is 2.20. The number of hydrogen-bond acceptors (Lipinski definition) is 3. The lowest BCUT2D eigenvalue weighted by Crippen LogP contribution is -2.47. The van der Waals surface area contributed by atoms with Gasteiger partial charge in [0, 0.05) is 17.1 Å². The van der Waals surface area contributed by atoms with Crippen molar-refractivity contribution in [1.82, 2.24) is 10.6 Å². The Balaban J connectivity index is 1.78. The highest BCUT2D eigenvalue weighted by molar-refractivity contribution is 6.31. The zero-order valence-electron chi connectivity index (χ0n) is 11.9. The number of halogens is 1. The molecule has 1 aliphatic heterocycles. The number of piperidine rings is 1. The van der Waals surface area contributed by atoms with Gasteiger partial charge >= 0.3 is 0 Å². The van der Waals surface area contributed by atoms with Crippen LogP contribution in [-0.2, 0) is 4.79 Å². The molecule has 0 spiro atoms. The largest absolute Gasteiger partial charge is 0.484 e. The highest BCUT2D eigenvalue weighted by Gasteiger charge is 2.19. The van der Waals surface area contributed by atoms with Crippen LogP contribution in [0.4, 0.5) is 0 Å². The van der Waals surface area contributed by atoms with Crippen LogP contribution in [-0.4, -0.2) is 31.1 Å². The van der Waals surface area contributed by atoms with Crippen LogP contribution in [0.3, 0.4) is 0 Å². The van der Waals surface area contributed by atoms with Gasteiger partial charge in [0.2, 0.25) is 0 Å². The van der Waals surface area contributed by atoms with E-state index >= 15 is 0 Å². The van der Waals surface area contributed by atoms with Crippen molar-refractivity contribution < 1.29 is 9.53 Å². The molecular weight excluding hydrogens is 276 g/mol. The molecule has 0 radical (unpaired) electrons. The number of benzene rings is 1. The van der Waals surface area contributed by atoms with E-state index < -0.39 is 0 Å². The molecule has 2 rings (SSSR count). The minimum absolute atomic E-state index is 0.0411. The Morgan fingerprint density at radius 1 is 1.55 bits per heavy atom. The van der Waals surface area contributed by atoms with E-state index in [1.165, 1.54) is 0 Å². The summed E-state index contributed by atoms with van der Waals surface area (Å²) in [5.41, 5.74) is 0.941. The normalized spacial score (nSPS) is 22.4. The van der Waals surface area contributed by atoms with Crippen molar-refractivity contribution in [2.24, 2.45) is 0 Å². The lowest BCUT2D eigenvalue weighted by atomic mass is 10.0. The summed E-state index contributed by atoms with van der Waals surface area (Å²) in [4.78, 5) is 11.9. The summed E-state index contributed by atoms with van der Waals surface area (Å²) in [6.07, 6.45) is 1.93. The first-order valence-electron chi connectivity index (χ1n) is 6.96. The molecule has 0 aromatic heterocycles. The molecule has 1 aliphatic rings. The predicted octanol–water partition coefficient (Wildman–Crippen LogP) is 2.28. The summed E-state index contributed by atoms with van der Waals surface area (Å²) < 4.78 is 5.49. The van der Waals surface area contributed by atoms with Gasteiger partial charge in [-0.25, -0.2) is 0 Å². The fourth-order valence-electron chi connectivity index (χ4n) is 2.39. The van der Waals surface area contributed by atoms with Crippen LogP contribution in [0.25, 0.3) is 0 Å². The number of hydrogen-bond donors (Lipinski definition) is 2. The number of carbonyl (C=O) groups excluding carboxylic acids is 1. The van der Waals surface area contributed by atoms with Gasteiger partial charge in [0.25, 0.3) is 5.91 Å². The lowest BCUT2D eigenvalue weighted by molar-refractivity contribution is -0.124. The Morgan fingerprint density at radius 2 is 2.35 bits per heavy atom. The molecule has 1 heterocycles. The third-order valence-electron chi connectivity index (χ3n) is 3.49. The van der Waals surface area contributed by atoms with Gasteiger partial charge in [-0.3, -0.25) is 4.79 Å². The molecule has 1 aromatic rings. The van der Waals surface area contributed by atoms with Crippen LogP contribution in [0, 0.1) is 6.92 Å². The van der Waals surface area contributed by atoms with Crippen LogP contribution in [0.15, 0.2) is 18.2 Å². The third kappa shape index (κ3) is 4.39. The monoisotopic (exact) mass is 296 g/mol. The number of amides is 1. The van der Waals surface area contributed by atoms with Crippen LogP contribution < -0.4 is 15.4 Å². The average molecular weight is 297 g/mol. The summed E-state index contributed by atoms with van der Waals surface area (Å²) in [6.45, 7) is 5.03. The summed E-state index contributed by atoms with van der Waals surface area (Å²) >= 11 is 5.95. The molecule has 1 aromatic carbocycles. The SMILES string of the molecule is Cc1cc(OCC(=O)NC2CCNC(C)C2)ccc1Cl. The third-order valence-corrected chi connectivity index (χ3v) is 3.91. The first kappa shape index (κ1) is 15.1. The van der Waals surface area contributed by atoms with Crippen molar-refractivity contribution in [3.63, 3.8) is 0 Å². The zero-order chi connectivity index (χ0) is 14.5. The van der Waals surface area contributed by atoms with Crippen LogP contribution in [0.5, 0.6) is 5.75 Å². The van der Waals surface area contributed by atoms with E-state index in [1.54, 1.807) is 12.1 Å². The van der Waals surface area contributed by atoms with Gasteiger partial charge in [0.1, 0.15) is 5.75 Å². The fourth-order valence-corrected chi connectivity index (χ4v) is 2.51. The van der Waals surface area contributed by atoms with Gasteiger partial charge in [0.05, 0.1) is 0 Å². The molecule has 0 bridgehead atoms. The quantitative estimate of drug-likeness (QED) is 0.896. The van der Waals surface area contributed by atoms with Crippen molar-refractivity contribution >= 4 is 17.5 Å². The summed E-state index contributed by atoms with van der Waals surface area (Å²) in [5, 5.41) is 7.07. The van der Waals surface area contributed by atoms with Crippen molar-refractivity contribution in [3.8, 4) is 5.75 Å². The molecule has 20 heavy (non-hydrogen) atoms. The number of aryl methyl sites for hydroxylation is 1. The smallest absolute Gasteiger partial charge is 0.258 e. The summed E-state index contributed by atoms with van der Waals surface area (Å²) in [5.74, 6) is 0.595. The van der Waals surface area contributed by atoms with Gasteiger partial charge < -0.3 is 15.4 Å². The lowest BCUT2D eigenvalue weighted by Gasteiger charge is -2.28. The van der Waals surface area contributed by atoms with Crippen molar-refractivity contribution in [2.45, 2.75) is 38.8 Å². The molecule has 0 saturated carbocycles. The second-order valence-corrected chi connectivity index (χ2v) is 5.75. The molecule has 1 amide bonds. The number of carbonyl (C=O) groups is 1. The topological polar surface area (TPSA) is 50.4 Å². The standard InChI is InChI=1S/C15H21ClN2O2/c1-10-7-13(3-4-14(10)16)20-9-15(19)18-12-5-6-17-11(2)8-12/h3-4,7,11-12,17H,5-6,8-9H2,1-2H3,(H,18,19). The Hall–Kier alpha value is -1.26. The Kier molecular flexibility index (Phi) is 5.26. The predicted molar refractivity (Wildman–Crippen MR) is 80.3 cm³/mol. The molecule has 110 valence electrons. The van der Waals surface area contributed by atoms with E-state index in [1.807, 2.05) is 13.0 Å². The van der Waals surface area contributed by atoms with Gasteiger partial charge in [-0.05, 0) is 57.0 Å². The van der Waals surface area contributed by atoms with E-state index in [0.29, 0.717) is 16.8 Å². The molecule has 5 heteroatoms. The Bertz CT molecular complexity index is 479. The Labute approximate surface area is 124 Å². The van der Waals surface area contributed by atoms with Gasteiger partial charge in [-0.15, -0.1) is 0 Å². The van der Waals surface area contributed by atoms with E-state index in [4.69, 9.17) is 16.3 Å². The molecule has 4 nitrogen and oxygen atoms in total. The van der Waals surface area contributed by atoms with Gasteiger partial charge in [0.15, 0.2) is 6.61 Å². The second kappa shape index (κ2) is 6.95. The maximum atomic E-state index is 11.9. The first-order valence-corrected chi connectivity index (χ1v) is 7.34. The minimum Gasteiger partial charge on any atom is -0.484 e. The average Bonchev–Trinajstić information content (AvgIpc) is 2.40. The van der Waals surface area contributed by atoms with Crippen LogP contribution >= 0.6 is 11.6 Å². The van der Waals surface area contributed by atoms with Gasteiger partial charge in [-0.1, -0.05) is 11.6 Å². The van der Waals surface area contributed by atoms with Crippen molar-refractivity contribution in [1.29, 1.82) is 0 Å². The molecule has 1 saturated heterocycles. The summed E-state index contributed by atoms with van der Waals surface area (Å²) in [7, 11) is 0. The Morgan fingerprint density at radius 3 is 3.05 bits per heavy atom. The van der Waals surface area contributed by atoms with Crippen molar-refractivity contribution in [2.75, 3.05) is 13.2 Å². The van der Waals surface area contributed by atoms with E-state index in [9.17, 15) is 4.79 Å². The fraction of sp³-hybridized carbons (Fsp3) is 0.533. The molecule has 2 N–H and O–H groups in total. The van der Waals surface area contributed by atoms with Gasteiger partial charge in [-0.2, -0.15) is 0 Å². The molecule has 2 unspecified atom stereocenters. The van der Waals surface area contributed by atoms with E-state index in [0.717, 1.165) is 24.9 Å². The van der Waals surface area contributed by atoms with E-state index in [-0.39, 0.29) is 18.6 Å². The maximum absolute atomic E-state index is 11.9. The van der Waals surface area contributed by atoms with Crippen molar-refractivity contribution in [3.05, 3.63) is 28.8 Å². The second-order valence-electron chi connectivity index (χ2n) is 5.34. The molecule has 0 aliphatic carbocycles. The number of ether oxygens (including phenoxy) is 1. The van der Waals surface area contributed by atoms with Crippen LogP contribution in [0.1, 0.15) is 25.3 Å². The minimum atomic E-state index is -0.0725. The maximum Gasteiger partial charge on any atom is 0.258 e. The first-order chi connectivity index (χ1) is 9.54. The summed E-state index contributed by atoms with van der Waals surface area (Å²) in [6, 6.07) is 6.08. The zero-order valence-corrected chi connectivity index (χ0v) is 12.7. The molecule has 2 atom stereocenters. The highest BCUT2D eigenvalue weighted by atomic mass is 35.5. The number of nitrogens with one attached hydrogen (secondary N) is 2. The number of rotatable bonds is 4. The van der Waals surface area contributed by atoms with E-state index in [2.05, 4.69) is 17.6 Å². The van der Waals surface area contributed by atoms with Crippen LogP contribution in [0.2, 0.25) is 5.02 Å².